The summed E-state index contributed by atoms with van der Waals surface area (Å²) in [7, 11) is 2.23. The fraction of sp³-hybridized carbons (Fsp3) is 0.647. The van der Waals surface area contributed by atoms with Crippen molar-refractivity contribution >= 4 is 0 Å². The summed E-state index contributed by atoms with van der Waals surface area (Å²) in [6.45, 7) is 5.83. The van der Waals surface area contributed by atoms with E-state index in [0.29, 0.717) is 6.04 Å². The molecule has 2 aliphatic rings. The highest BCUT2D eigenvalue weighted by atomic mass is 15.1. The lowest BCUT2D eigenvalue weighted by Crippen LogP contribution is -2.46. The summed E-state index contributed by atoms with van der Waals surface area (Å²) < 4.78 is 0. The summed E-state index contributed by atoms with van der Waals surface area (Å²) in [5.41, 5.74) is 2.96. The molecule has 2 nitrogen and oxygen atoms in total. The maximum Gasteiger partial charge on any atom is 0.0208 e. The summed E-state index contributed by atoms with van der Waals surface area (Å²) in [5, 5.41) is 3.75. The van der Waals surface area contributed by atoms with Crippen LogP contribution in [0.4, 0.5) is 0 Å². The predicted molar refractivity (Wildman–Crippen MR) is 80.3 cm³/mol. The third kappa shape index (κ3) is 3.37. The Kier molecular flexibility index (Phi) is 3.90. The van der Waals surface area contributed by atoms with E-state index in [1.165, 1.54) is 43.5 Å². The van der Waals surface area contributed by atoms with Gasteiger partial charge in [0.2, 0.25) is 0 Å². The molecule has 2 unspecified atom stereocenters. The molecular formula is C17H26N2. The van der Waals surface area contributed by atoms with Gasteiger partial charge in [0.05, 0.1) is 0 Å². The lowest BCUT2D eigenvalue weighted by Gasteiger charge is -2.35. The first-order chi connectivity index (χ1) is 9.22. The molecule has 1 saturated heterocycles. The third-order valence-electron chi connectivity index (χ3n) is 4.71. The molecule has 1 N–H and O–H groups in total. The Balaban J connectivity index is 1.51. The summed E-state index contributed by atoms with van der Waals surface area (Å²) in [6, 6.07) is 9.94. The molecule has 1 saturated carbocycles. The second kappa shape index (κ2) is 5.64. The molecule has 0 aromatic heterocycles. The van der Waals surface area contributed by atoms with Crippen LogP contribution in [0.15, 0.2) is 24.3 Å². The fourth-order valence-electron chi connectivity index (χ4n) is 3.23. The second-order valence-corrected chi connectivity index (χ2v) is 6.53. The zero-order valence-corrected chi connectivity index (χ0v) is 12.2. The first-order valence-corrected chi connectivity index (χ1v) is 7.73. The van der Waals surface area contributed by atoms with Crippen molar-refractivity contribution < 1.29 is 0 Å². The van der Waals surface area contributed by atoms with Crippen LogP contribution in [0.5, 0.6) is 0 Å². The Hall–Kier alpha value is -0.860. The lowest BCUT2D eigenvalue weighted by molar-refractivity contribution is 0.174. The molecule has 1 aliphatic heterocycles. The minimum atomic E-state index is 0.680. The minimum absolute atomic E-state index is 0.680. The van der Waals surface area contributed by atoms with Crippen LogP contribution in [0, 0.1) is 5.92 Å². The number of hydrogen-bond donors (Lipinski definition) is 1. The average Bonchev–Trinajstić information content (AvgIpc) is 3.23. The number of nitrogens with one attached hydrogen (secondary N) is 1. The van der Waals surface area contributed by atoms with Gasteiger partial charge >= 0.3 is 0 Å². The van der Waals surface area contributed by atoms with Crippen molar-refractivity contribution in [3.05, 3.63) is 35.4 Å². The predicted octanol–water partition coefficient (Wildman–Crippen LogP) is 2.99. The van der Waals surface area contributed by atoms with Gasteiger partial charge in [-0.3, -0.25) is 0 Å². The van der Waals surface area contributed by atoms with Gasteiger partial charge in [-0.15, -0.1) is 0 Å². The summed E-state index contributed by atoms with van der Waals surface area (Å²) in [6.07, 6.45) is 4.06. The van der Waals surface area contributed by atoms with Crippen molar-refractivity contribution in [2.45, 2.75) is 44.7 Å². The van der Waals surface area contributed by atoms with Crippen LogP contribution < -0.4 is 5.32 Å². The van der Waals surface area contributed by atoms with Crippen LogP contribution in [0.1, 0.15) is 43.2 Å². The minimum Gasteiger partial charge on any atom is -0.310 e. The van der Waals surface area contributed by atoms with Gasteiger partial charge in [0.25, 0.3) is 0 Å². The van der Waals surface area contributed by atoms with Gasteiger partial charge in [-0.2, -0.15) is 0 Å². The first kappa shape index (κ1) is 13.1. The number of likely N-dealkylation sites (tertiary alicyclic amines) is 1. The highest BCUT2D eigenvalue weighted by Gasteiger charge is 2.24. The summed E-state index contributed by atoms with van der Waals surface area (Å²) in [4.78, 5) is 2.44. The normalized spacial score (nSPS) is 28.5. The molecule has 104 valence electrons. The molecule has 0 spiro atoms. The van der Waals surface area contributed by atoms with Crippen LogP contribution in [0.2, 0.25) is 0 Å². The molecule has 1 aromatic carbocycles. The van der Waals surface area contributed by atoms with Crippen molar-refractivity contribution in [1.29, 1.82) is 0 Å². The zero-order chi connectivity index (χ0) is 13.2. The van der Waals surface area contributed by atoms with Crippen LogP contribution in [-0.2, 0) is 6.54 Å². The van der Waals surface area contributed by atoms with Gasteiger partial charge < -0.3 is 10.2 Å². The number of piperidine rings is 1. The molecule has 0 bridgehead atoms. The van der Waals surface area contributed by atoms with Gasteiger partial charge in [-0.25, -0.2) is 0 Å². The van der Waals surface area contributed by atoms with Crippen molar-refractivity contribution in [2.24, 2.45) is 5.92 Å². The number of nitrogens with zero attached hydrogens (tertiary/aromatic N) is 1. The van der Waals surface area contributed by atoms with Gasteiger partial charge in [-0.05, 0) is 55.8 Å². The zero-order valence-electron chi connectivity index (χ0n) is 12.2. The van der Waals surface area contributed by atoms with E-state index in [9.17, 15) is 0 Å². The molecule has 1 heterocycles. The first-order valence-electron chi connectivity index (χ1n) is 7.73. The molecular weight excluding hydrogens is 232 g/mol. The van der Waals surface area contributed by atoms with Gasteiger partial charge in [0.15, 0.2) is 0 Å². The van der Waals surface area contributed by atoms with Crippen LogP contribution in [-0.4, -0.2) is 31.1 Å². The van der Waals surface area contributed by atoms with Gasteiger partial charge in [-0.1, -0.05) is 31.2 Å². The smallest absolute Gasteiger partial charge is 0.0208 e. The molecule has 1 aromatic rings. The maximum absolute atomic E-state index is 3.75. The second-order valence-electron chi connectivity index (χ2n) is 6.53. The number of hydrogen-bond acceptors (Lipinski definition) is 2. The van der Waals surface area contributed by atoms with Crippen molar-refractivity contribution in [3.63, 3.8) is 0 Å². The van der Waals surface area contributed by atoms with E-state index >= 15 is 0 Å². The molecule has 1 aliphatic carbocycles. The fourth-order valence-corrected chi connectivity index (χ4v) is 3.23. The molecule has 2 heteroatoms. The van der Waals surface area contributed by atoms with E-state index < -0.39 is 0 Å². The standard InChI is InChI=1S/C17H26N2/c1-13-12-19(2)10-9-17(13)18-11-14-3-5-15(6-4-14)16-7-8-16/h3-6,13,16-18H,7-12H2,1-2H3. The molecule has 19 heavy (non-hydrogen) atoms. The summed E-state index contributed by atoms with van der Waals surface area (Å²) in [5.74, 6) is 1.63. The van der Waals surface area contributed by atoms with Gasteiger partial charge in [0, 0.05) is 19.1 Å². The topological polar surface area (TPSA) is 15.3 Å². The van der Waals surface area contributed by atoms with E-state index in [1.54, 1.807) is 0 Å². The highest BCUT2D eigenvalue weighted by Crippen LogP contribution is 2.39. The van der Waals surface area contributed by atoms with Crippen molar-refractivity contribution in [1.82, 2.24) is 10.2 Å². The molecule has 2 fully saturated rings. The molecule has 0 radical (unpaired) electrons. The van der Waals surface area contributed by atoms with E-state index in [0.717, 1.165) is 18.4 Å². The molecule has 2 atom stereocenters. The summed E-state index contributed by atoms with van der Waals surface area (Å²) >= 11 is 0. The Morgan fingerprint density at radius 3 is 2.53 bits per heavy atom. The molecule has 3 rings (SSSR count). The Morgan fingerprint density at radius 2 is 1.89 bits per heavy atom. The highest BCUT2D eigenvalue weighted by molar-refractivity contribution is 5.28. The maximum atomic E-state index is 3.75. The Morgan fingerprint density at radius 1 is 1.16 bits per heavy atom. The van der Waals surface area contributed by atoms with Crippen molar-refractivity contribution in [2.75, 3.05) is 20.1 Å². The molecule has 0 amide bonds. The van der Waals surface area contributed by atoms with E-state index in [4.69, 9.17) is 0 Å². The number of rotatable bonds is 4. The van der Waals surface area contributed by atoms with Gasteiger partial charge in [0.1, 0.15) is 0 Å². The monoisotopic (exact) mass is 258 g/mol. The third-order valence-corrected chi connectivity index (χ3v) is 4.71. The van der Waals surface area contributed by atoms with E-state index in [2.05, 4.69) is 48.5 Å². The van der Waals surface area contributed by atoms with E-state index in [1.807, 2.05) is 0 Å². The van der Waals surface area contributed by atoms with E-state index in [-0.39, 0.29) is 0 Å². The number of benzene rings is 1. The Labute approximate surface area is 117 Å². The van der Waals surface area contributed by atoms with Crippen LogP contribution in [0.25, 0.3) is 0 Å². The van der Waals surface area contributed by atoms with Crippen LogP contribution >= 0.6 is 0 Å². The lowest BCUT2D eigenvalue weighted by atomic mass is 9.94. The van der Waals surface area contributed by atoms with Crippen LogP contribution in [0.3, 0.4) is 0 Å². The van der Waals surface area contributed by atoms with Crippen molar-refractivity contribution in [3.8, 4) is 0 Å². The largest absolute Gasteiger partial charge is 0.310 e. The SMILES string of the molecule is CC1CN(C)CCC1NCc1ccc(C2CC2)cc1. The average molecular weight is 258 g/mol. The Bertz CT molecular complexity index is 408. The quantitative estimate of drug-likeness (QED) is 0.893.